The summed E-state index contributed by atoms with van der Waals surface area (Å²) in [4.78, 5) is 2.56. The number of nitrogens with two attached hydrogens (primary N) is 1. The smallest absolute Gasteiger partial charge is 0.0314 e. The minimum Gasteiger partial charge on any atom is -0.399 e. The summed E-state index contributed by atoms with van der Waals surface area (Å²) in [6.07, 6.45) is 3.82. The Morgan fingerprint density at radius 1 is 1.11 bits per heavy atom. The maximum atomic E-state index is 5.72. The van der Waals surface area contributed by atoms with E-state index in [0.717, 1.165) is 18.2 Å². The molecule has 0 radical (unpaired) electrons. The predicted molar refractivity (Wildman–Crippen MR) is 80.5 cm³/mol. The number of nitrogen functional groups attached to an aromatic ring is 1. The Bertz CT molecular complexity index is 318. The summed E-state index contributed by atoms with van der Waals surface area (Å²) in [5, 5.41) is 0. The molecule has 0 spiro atoms. The SMILES string of the molecule is CCCC(C)CN(CCC)Cc1ccc(N)cc1. The largest absolute Gasteiger partial charge is 0.399 e. The van der Waals surface area contributed by atoms with Crippen LogP contribution in [0.4, 0.5) is 5.69 Å². The van der Waals surface area contributed by atoms with Crippen molar-refractivity contribution in [3.05, 3.63) is 29.8 Å². The van der Waals surface area contributed by atoms with E-state index in [1.165, 1.54) is 37.9 Å². The molecule has 1 aromatic carbocycles. The van der Waals surface area contributed by atoms with Gasteiger partial charge in [0.05, 0.1) is 0 Å². The molecule has 0 heterocycles. The van der Waals surface area contributed by atoms with Gasteiger partial charge in [0.15, 0.2) is 0 Å². The summed E-state index contributed by atoms with van der Waals surface area (Å²) in [6, 6.07) is 8.27. The van der Waals surface area contributed by atoms with Gasteiger partial charge >= 0.3 is 0 Å². The van der Waals surface area contributed by atoms with Gasteiger partial charge in [0.1, 0.15) is 0 Å². The topological polar surface area (TPSA) is 29.3 Å². The molecule has 0 aromatic heterocycles. The number of hydrogen-bond donors (Lipinski definition) is 1. The summed E-state index contributed by atoms with van der Waals surface area (Å²) in [7, 11) is 0. The normalized spacial score (nSPS) is 12.9. The van der Waals surface area contributed by atoms with Gasteiger partial charge in [-0.2, -0.15) is 0 Å². The summed E-state index contributed by atoms with van der Waals surface area (Å²) in [5.41, 5.74) is 7.93. The first-order valence-corrected chi connectivity index (χ1v) is 7.22. The molecule has 0 saturated carbocycles. The van der Waals surface area contributed by atoms with E-state index in [0.29, 0.717) is 0 Å². The van der Waals surface area contributed by atoms with Gasteiger partial charge in [0.2, 0.25) is 0 Å². The van der Waals surface area contributed by atoms with Crippen LogP contribution in [0.15, 0.2) is 24.3 Å². The Morgan fingerprint density at radius 3 is 2.33 bits per heavy atom. The highest BCUT2D eigenvalue weighted by atomic mass is 15.1. The Labute approximate surface area is 112 Å². The molecule has 0 saturated heterocycles. The first kappa shape index (κ1) is 15.0. The van der Waals surface area contributed by atoms with E-state index in [1.54, 1.807) is 0 Å². The van der Waals surface area contributed by atoms with Crippen LogP contribution in [0.2, 0.25) is 0 Å². The van der Waals surface area contributed by atoms with E-state index in [2.05, 4.69) is 37.8 Å². The molecule has 0 bridgehead atoms. The molecule has 1 rings (SSSR count). The van der Waals surface area contributed by atoms with Crippen LogP contribution in [0.3, 0.4) is 0 Å². The highest BCUT2D eigenvalue weighted by Crippen LogP contribution is 2.13. The second-order valence-electron chi connectivity index (χ2n) is 5.37. The van der Waals surface area contributed by atoms with Crippen LogP contribution >= 0.6 is 0 Å². The Balaban J connectivity index is 2.53. The zero-order chi connectivity index (χ0) is 13.4. The van der Waals surface area contributed by atoms with E-state index in [1.807, 2.05) is 12.1 Å². The van der Waals surface area contributed by atoms with E-state index in [-0.39, 0.29) is 0 Å². The van der Waals surface area contributed by atoms with Gasteiger partial charge in [-0.1, -0.05) is 39.3 Å². The van der Waals surface area contributed by atoms with Crippen LogP contribution in [0, 0.1) is 5.92 Å². The second-order valence-corrected chi connectivity index (χ2v) is 5.37. The Kier molecular flexibility index (Phi) is 6.81. The molecule has 18 heavy (non-hydrogen) atoms. The first-order valence-electron chi connectivity index (χ1n) is 7.22. The second kappa shape index (κ2) is 8.15. The number of hydrogen-bond acceptors (Lipinski definition) is 2. The van der Waals surface area contributed by atoms with Crippen molar-refractivity contribution in [1.82, 2.24) is 4.90 Å². The Hall–Kier alpha value is -1.02. The summed E-state index contributed by atoms with van der Waals surface area (Å²) < 4.78 is 0. The minimum atomic E-state index is 0.787. The fourth-order valence-corrected chi connectivity index (χ4v) is 2.46. The van der Waals surface area contributed by atoms with Crippen LogP contribution in [-0.4, -0.2) is 18.0 Å². The minimum absolute atomic E-state index is 0.787. The lowest BCUT2D eigenvalue weighted by atomic mass is 10.0. The number of rotatable bonds is 8. The molecule has 2 heteroatoms. The molecule has 2 N–H and O–H groups in total. The van der Waals surface area contributed by atoms with Crippen molar-refractivity contribution in [2.45, 2.75) is 46.6 Å². The van der Waals surface area contributed by atoms with Crippen LogP contribution in [0.5, 0.6) is 0 Å². The van der Waals surface area contributed by atoms with E-state index < -0.39 is 0 Å². The highest BCUT2D eigenvalue weighted by molar-refractivity contribution is 5.39. The van der Waals surface area contributed by atoms with Crippen molar-refractivity contribution < 1.29 is 0 Å². The van der Waals surface area contributed by atoms with Crippen LogP contribution in [0.1, 0.15) is 45.6 Å². The zero-order valence-corrected chi connectivity index (χ0v) is 12.2. The molecule has 1 aromatic rings. The zero-order valence-electron chi connectivity index (χ0n) is 12.2. The monoisotopic (exact) mass is 248 g/mol. The third-order valence-corrected chi connectivity index (χ3v) is 3.28. The summed E-state index contributed by atoms with van der Waals surface area (Å²) in [5.74, 6) is 0.787. The number of benzene rings is 1. The van der Waals surface area contributed by atoms with Gasteiger partial charge in [0.25, 0.3) is 0 Å². The first-order chi connectivity index (χ1) is 8.65. The van der Waals surface area contributed by atoms with Crippen molar-refractivity contribution >= 4 is 5.69 Å². The average Bonchev–Trinajstić information content (AvgIpc) is 2.32. The van der Waals surface area contributed by atoms with Crippen molar-refractivity contribution in [1.29, 1.82) is 0 Å². The fraction of sp³-hybridized carbons (Fsp3) is 0.625. The number of anilines is 1. The van der Waals surface area contributed by atoms with Crippen molar-refractivity contribution in [2.75, 3.05) is 18.8 Å². The van der Waals surface area contributed by atoms with E-state index >= 15 is 0 Å². The van der Waals surface area contributed by atoms with E-state index in [9.17, 15) is 0 Å². The fourth-order valence-electron chi connectivity index (χ4n) is 2.46. The lowest BCUT2D eigenvalue weighted by Gasteiger charge is -2.25. The molecule has 0 amide bonds. The van der Waals surface area contributed by atoms with Crippen LogP contribution < -0.4 is 5.73 Å². The third-order valence-electron chi connectivity index (χ3n) is 3.28. The van der Waals surface area contributed by atoms with Gasteiger partial charge in [-0.3, -0.25) is 4.90 Å². The van der Waals surface area contributed by atoms with Crippen molar-refractivity contribution in [3.8, 4) is 0 Å². The van der Waals surface area contributed by atoms with Crippen LogP contribution in [0.25, 0.3) is 0 Å². The van der Waals surface area contributed by atoms with Gasteiger partial charge in [-0.15, -0.1) is 0 Å². The van der Waals surface area contributed by atoms with Gasteiger partial charge in [-0.25, -0.2) is 0 Å². The molecule has 1 atom stereocenters. The molecule has 0 aliphatic rings. The van der Waals surface area contributed by atoms with Gasteiger partial charge in [0, 0.05) is 18.8 Å². The average molecular weight is 248 g/mol. The highest BCUT2D eigenvalue weighted by Gasteiger charge is 2.09. The predicted octanol–water partition coefficient (Wildman–Crippen LogP) is 3.92. The van der Waals surface area contributed by atoms with Gasteiger partial charge in [-0.05, 0) is 43.0 Å². The number of nitrogens with zero attached hydrogens (tertiary/aromatic N) is 1. The molecule has 102 valence electrons. The molecular weight excluding hydrogens is 220 g/mol. The van der Waals surface area contributed by atoms with E-state index in [4.69, 9.17) is 5.73 Å². The molecule has 0 aliphatic carbocycles. The summed E-state index contributed by atoms with van der Waals surface area (Å²) >= 11 is 0. The Morgan fingerprint density at radius 2 is 1.78 bits per heavy atom. The van der Waals surface area contributed by atoms with Crippen molar-refractivity contribution in [2.24, 2.45) is 5.92 Å². The lowest BCUT2D eigenvalue weighted by molar-refractivity contribution is 0.224. The third kappa shape index (κ3) is 5.54. The standard InChI is InChI=1S/C16H28N2/c1-4-6-14(3)12-18(11-5-2)13-15-7-9-16(17)10-8-15/h7-10,14H,4-6,11-13,17H2,1-3H3. The molecular formula is C16H28N2. The van der Waals surface area contributed by atoms with Crippen LogP contribution in [-0.2, 0) is 6.54 Å². The maximum absolute atomic E-state index is 5.72. The quantitative estimate of drug-likeness (QED) is 0.707. The lowest BCUT2D eigenvalue weighted by Crippen LogP contribution is -2.29. The van der Waals surface area contributed by atoms with Gasteiger partial charge < -0.3 is 5.73 Å². The molecule has 0 fully saturated rings. The molecule has 1 unspecified atom stereocenters. The summed E-state index contributed by atoms with van der Waals surface area (Å²) in [6.45, 7) is 10.3. The molecule has 2 nitrogen and oxygen atoms in total. The van der Waals surface area contributed by atoms with Crippen molar-refractivity contribution in [3.63, 3.8) is 0 Å². The maximum Gasteiger partial charge on any atom is 0.0314 e. The molecule has 0 aliphatic heterocycles.